The third-order valence-corrected chi connectivity index (χ3v) is 11.4. The molecule has 1 aliphatic heterocycles. The zero-order valence-corrected chi connectivity index (χ0v) is 36.9. The van der Waals surface area contributed by atoms with Gasteiger partial charge in [-0.15, -0.1) is 0 Å². The van der Waals surface area contributed by atoms with Crippen LogP contribution in [0.2, 0.25) is 0 Å². The molecule has 58 heavy (non-hydrogen) atoms. The number of aliphatic hydroxyl groups excluding tert-OH is 6. The van der Waals surface area contributed by atoms with E-state index in [9.17, 15) is 35.4 Å². The standard InChI is InChI=1S/C48H89NO9/c1-3-5-7-9-11-13-15-17-18-19-20-21-22-23-25-27-29-31-33-35-37-42(52)47(56)49-40(39-57-48-46(55)45(54)44(53)43(38-50)58-48)41(51)36-34-32-30-28-26-24-16-14-12-10-8-6-4-2/h16,24,26,28,34,36,40-46,48,50-55H,3-15,17-23,25,27,29-33,35,37-39H2,1-2H3,(H,49,56). The second-order valence-corrected chi connectivity index (χ2v) is 16.7. The molecule has 1 amide bonds. The molecule has 1 heterocycles. The zero-order valence-electron chi connectivity index (χ0n) is 36.9. The van der Waals surface area contributed by atoms with Crippen LogP contribution in [0.1, 0.15) is 200 Å². The second-order valence-electron chi connectivity index (χ2n) is 16.7. The fraction of sp³-hybridized carbons (Fsp3) is 0.854. The highest BCUT2D eigenvalue weighted by Gasteiger charge is 2.44. The molecule has 10 heteroatoms. The van der Waals surface area contributed by atoms with Gasteiger partial charge < -0.3 is 45.4 Å². The average molecular weight is 824 g/mol. The molecule has 1 saturated heterocycles. The third kappa shape index (κ3) is 28.0. The molecule has 8 unspecified atom stereocenters. The Morgan fingerprint density at radius 3 is 1.55 bits per heavy atom. The van der Waals surface area contributed by atoms with Crippen molar-refractivity contribution < 1.29 is 44.9 Å². The lowest BCUT2D eigenvalue weighted by atomic mass is 9.99. The summed E-state index contributed by atoms with van der Waals surface area (Å²) in [5.41, 5.74) is 0. The number of aliphatic hydroxyl groups is 6. The van der Waals surface area contributed by atoms with Crippen LogP contribution in [0.4, 0.5) is 0 Å². The number of ether oxygens (including phenoxy) is 2. The number of carbonyl (C=O) groups is 1. The number of carbonyl (C=O) groups excluding carboxylic acids is 1. The van der Waals surface area contributed by atoms with Crippen LogP contribution < -0.4 is 5.32 Å². The summed E-state index contributed by atoms with van der Waals surface area (Å²) in [6.45, 7) is 3.56. The van der Waals surface area contributed by atoms with Crippen molar-refractivity contribution in [3.8, 4) is 0 Å². The fourth-order valence-corrected chi connectivity index (χ4v) is 7.41. The van der Waals surface area contributed by atoms with Crippen LogP contribution in [0.5, 0.6) is 0 Å². The number of hydrogen-bond acceptors (Lipinski definition) is 9. The van der Waals surface area contributed by atoms with Crippen LogP contribution in [0.3, 0.4) is 0 Å². The number of hydrogen-bond donors (Lipinski definition) is 7. The molecule has 0 aromatic heterocycles. The lowest BCUT2D eigenvalue weighted by Crippen LogP contribution is -2.60. The Kier molecular flexibility index (Phi) is 35.9. The van der Waals surface area contributed by atoms with Gasteiger partial charge in [0.2, 0.25) is 5.91 Å². The van der Waals surface area contributed by atoms with E-state index < -0.39 is 61.5 Å². The summed E-state index contributed by atoms with van der Waals surface area (Å²) in [7, 11) is 0. The highest BCUT2D eigenvalue weighted by molar-refractivity contribution is 5.80. The number of rotatable bonds is 39. The first-order chi connectivity index (χ1) is 28.3. The molecule has 10 nitrogen and oxygen atoms in total. The van der Waals surface area contributed by atoms with Gasteiger partial charge in [0.25, 0.3) is 0 Å². The first-order valence-electron chi connectivity index (χ1n) is 23.8. The first kappa shape index (κ1) is 54.4. The van der Waals surface area contributed by atoms with E-state index in [0.29, 0.717) is 19.3 Å². The average Bonchev–Trinajstić information content (AvgIpc) is 3.22. The van der Waals surface area contributed by atoms with Gasteiger partial charge in [0, 0.05) is 0 Å². The molecule has 0 spiro atoms. The molecule has 7 N–H and O–H groups in total. The Bertz CT molecular complexity index is 1020. The molecule has 0 aromatic rings. The summed E-state index contributed by atoms with van der Waals surface area (Å²) in [5, 5.41) is 64.6. The minimum atomic E-state index is -1.62. The lowest BCUT2D eigenvalue weighted by molar-refractivity contribution is -0.302. The van der Waals surface area contributed by atoms with Gasteiger partial charge in [-0.05, 0) is 32.1 Å². The van der Waals surface area contributed by atoms with E-state index in [1.807, 2.05) is 12.2 Å². The van der Waals surface area contributed by atoms with Crippen molar-refractivity contribution in [1.29, 1.82) is 0 Å². The molecule has 0 saturated carbocycles. The van der Waals surface area contributed by atoms with Crippen molar-refractivity contribution in [3.63, 3.8) is 0 Å². The SMILES string of the molecule is CCCCCCCC=CC=CCCC=CC(O)C(COC1OC(CO)C(O)C(O)C1O)NC(=O)C(O)CCCCCCCCCCCCCCCCCCCCCC. The molecule has 0 aromatic carbocycles. The monoisotopic (exact) mass is 824 g/mol. The molecule has 0 radical (unpaired) electrons. The van der Waals surface area contributed by atoms with E-state index >= 15 is 0 Å². The van der Waals surface area contributed by atoms with E-state index in [0.717, 1.165) is 32.1 Å². The second kappa shape index (κ2) is 38.3. The molecule has 0 aliphatic carbocycles. The first-order valence-corrected chi connectivity index (χ1v) is 23.8. The van der Waals surface area contributed by atoms with Gasteiger partial charge in [-0.2, -0.15) is 0 Å². The topological polar surface area (TPSA) is 169 Å². The summed E-state index contributed by atoms with van der Waals surface area (Å²) in [4.78, 5) is 13.0. The van der Waals surface area contributed by atoms with Crippen LogP contribution in [0.15, 0.2) is 36.5 Å². The highest BCUT2D eigenvalue weighted by Crippen LogP contribution is 2.23. The van der Waals surface area contributed by atoms with Gasteiger partial charge >= 0.3 is 0 Å². The van der Waals surface area contributed by atoms with Gasteiger partial charge in [0.1, 0.15) is 30.5 Å². The van der Waals surface area contributed by atoms with Gasteiger partial charge in [-0.3, -0.25) is 4.79 Å². The summed E-state index contributed by atoms with van der Waals surface area (Å²) in [6.07, 6.45) is 36.7. The van der Waals surface area contributed by atoms with Crippen molar-refractivity contribution in [2.45, 2.75) is 249 Å². The van der Waals surface area contributed by atoms with Crippen LogP contribution in [-0.2, 0) is 14.3 Å². The normalized spacial score (nSPS) is 21.7. The van der Waals surface area contributed by atoms with Crippen molar-refractivity contribution in [2.24, 2.45) is 0 Å². The Morgan fingerprint density at radius 2 is 1.05 bits per heavy atom. The number of unbranched alkanes of at least 4 members (excludes halogenated alkanes) is 25. The van der Waals surface area contributed by atoms with E-state index in [-0.39, 0.29) is 6.61 Å². The van der Waals surface area contributed by atoms with Gasteiger partial charge in [0.15, 0.2) is 6.29 Å². The quantitative estimate of drug-likeness (QED) is 0.0182. The van der Waals surface area contributed by atoms with Gasteiger partial charge in [-0.25, -0.2) is 0 Å². The van der Waals surface area contributed by atoms with Gasteiger partial charge in [0.05, 0.1) is 25.4 Å². The largest absolute Gasteiger partial charge is 0.394 e. The van der Waals surface area contributed by atoms with Crippen LogP contribution in [0, 0.1) is 0 Å². The smallest absolute Gasteiger partial charge is 0.249 e. The maximum absolute atomic E-state index is 13.0. The van der Waals surface area contributed by atoms with Gasteiger partial charge in [-0.1, -0.05) is 204 Å². The van der Waals surface area contributed by atoms with Crippen molar-refractivity contribution in [3.05, 3.63) is 36.5 Å². The minimum absolute atomic E-state index is 0.302. The Labute approximate surface area is 354 Å². The third-order valence-electron chi connectivity index (χ3n) is 11.4. The van der Waals surface area contributed by atoms with E-state index in [1.165, 1.54) is 135 Å². The minimum Gasteiger partial charge on any atom is -0.394 e. The summed E-state index contributed by atoms with van der Waals surface area (Å²) < 4.78 is 11.1. The fourth-order valence-electron chi connectivity index (χ4n) is 7.41. The summed E-state index contributed by atoms with van der Waals surface area (Å²) >= 11 is 0. The summed E-state index contributed by atoms with van der Waals surface area (Å²) in [6, 6.07) is -1.00. The molecular weight excluding hydrogens is 735 g/mol. The molecule has 8 atom stereocenters. The predicted molar refractivity (Wildman–Crippen MR) is 236 cm³/mol. The molecule has 1 fully saturated rings. The molecule has 1 aliphatic rings. The molecule has 0 bridgehead atoms. The summed E-state index contributed by atoms with van der Waals surface area (Å²) in [5.74, 6) is -0.632. The Hall–Kier alpha value is -1.63. The number of allylic oxidation sites excluding steroid dienone is 5. The highest BCUT2D eigenvalue weighted by atomic mass is 16.7. The number of amides is 1. The van der Waals surface area contributed by atoms with Crippen molar-refractivity contribution in [2.75, 3.05) is 13.2 Å². The predicted octanol–water partition coefficient (Wildman–Crippen LogP) is 9.03. The Balaban J connectivity index is 2.38. The lowest BCUT2D eigenvalue weighted by Gasteiger charge is -2.40. The van der Waals surface area contributed by atoms with E-state index in [4.69, 9.17) is 9.47 Å². The van der Waals surface area contributed by atoms with Crippen molar-refractivity contribution in [1.82, 2.24) is 5.32 Å². The van der Waals surface area contributed by atoms with Crippen LogP contribution in [-0.4, -0.2) is 98.7 Å². The molecule has 1 rings (SSSR count). The molecular formula is C48H89NO9. The van der Waals surface area contributed by atoms with Crippen LogP contribution in [0.25, 0.3) is 0 Å². The molecule has 340 valence electrons. The maximum atomic E-state index is 13.0. The van der Waals surface area contributed by atoms with Crippen LogP contribution >= 0.6 is 0 Å². The van der Waals surface area contributed by atoms with Crippen molar-refractivity contribution >= 4 is 5.91 Å². The Morgan fingerprint density at radius 1 is 0.603 bits per heavy atom. The number of nitrogens with one attached hydrogen (secondary N) is 1. The maximum Gasteiger partial charge on any atom is 0.249 e. The van der Waals surface area contributed by atoms with E-state index in [2.05, 4.69) is 37.4 Å². The zero-order chi connectivity index (χ0) is 42.5. The van der Waals surface area contributed by atoms with E-state index in [1.54, 1.807) is 6.08 Å².